The van der Waals surface area contributed by atoms with E-state index in [2.05, 4.69) is 41.5 Å². The molecule has 0 aromatic rings. The number of fused-ring (bicyclic) bond motifs is 7. The first-order chi connectivity index (χ1) is 27.7. The molecule has 10 aliphatic rings. The van der Waals surface area contributed by atoms with E-state index in [0.29, 0.717) is 57.8 Å². The molecule has 0 amide bonds. The van der Waals surface area contributed by atoms with Crippen molar-refractivity contribution in [2.75, 3.05) is 0 Å². The van der Waals surface area contributed by atoms with Gasteiger partial charge in [-0.2, -0.15) is 0 Å². The van der Waals surface area contributed by atoms with Crippen LogP contribution in [-0.2, 0) is 48.0 Å². The first-order valence-electron chi connectivity index (χ1n) is 23.0. The van der Waals surface area contributed by atoms with Crippen LogP contribution in [0.3, 0.4) is 0 Å². The summed E-state index contributed by atoms with van der Waals surface area (Å²) in [6.45, 7) is 16.6. The molecule has 2 bridgehead atoms. The fourth-order valence-electron chi connectivity index (χ4n) is 18.3. The van der Waals surface area contributed by atoms with Crippen LogP contribution in [0.2, 0.25) is 0 Å². The van der Waals surface area contributed by atoms with Crippen LogP contribution < -0.4 is 0 Å². The van der Waals surface area contributed by atoms with Gasteiger partial charge in [-0.1, -0.05) is 54.4 Å². The SMILES string of the molecule is CC(C)C1C2CC3C4(C)CCCC(C)(C(=O)O)C4CCC3(C1OOC(C(C)C)C13CCC4C(C)(C(=O)O)CCCC4(C)C1CCC1C(=O)OC(=O)C13)C1C(=O)OC(=O)C21. The lowest BCUT2D eigenvalue weighted by molar-refractivity contribution is -0.441. The van der Waals surface area contributed by atoms with Gasteiger partial charge < -0.3 is 19.7 Å². The molecule has 10 fully saturated rings. The maximum atomic E-state index is 14.2. The predicted molar refractivity (Wildman–Crippen MR) is 209 cm³/mol. The van der Waals surface area contributed by atoms with Gasteiger partial charge in [0.15, 0.2) is 0 Å². The molecule has 1 spiro atoms. The number of esters is 4. The molecule has 0 aromatic carbocycles. The first kappa shape index (κ1) is 41.5. The molecule has 12 nitrogen and oxygen atoms in total. The van der Waals surface area contributed by atoms with Crippen molar-refractivity contribution in [1.29, 1.82) is 0 Å². The van der Waals surface area contributed by atoms with Crippen LogP contribution in [-0.4, -0.2) is 58.2 Å². The molecule has 2 N–H and O–H groups in total. The molecular weight excluding hydrogens is 757 g/mol. The summed E-state index contributed by atoms with van der Waals surface area (Å²) in [5, 5.41) is 21.4. The third-order valence-electron chi connectivity index (χ3n) is 20.2. The molecule has 18 unspecified atom stereocenters. The maximum absolute atomic E-state index is 14.2. The minimum absolute atomic E-state index is 0.0345. The summed E-state index contributed by atoms with van der Waals surface area (Å²) in [7, 11) is 0. The third-order valence-corrected chi connectivity index (χ3v) is 20.2. The second-order valence-electron chi connectivity index (χ2n) is 22.8. The number of aliphatic carboxylic acids is 2. The second-order valence-corrected chi connectivity index (χ2v) is 22.8. The smallest absolute Gasteiger partial charge is 0.318 e. The van der Waals surface area contributed by atoms with Crippen molar-refractivity contribution in [2.24, 2.45) is 104 Å². The zero-order valence-electron chi connectivity index (χ0n) is 36.3. The van der Waals surface area contributed by atoms with E-state index in [-0.39, 0.29) is 47.3 Å². The van der Waals surface area contributed by atoms with Crippen LogP contribution in [0.15, 0.2) is 0 Å². The first-order valence-corrected chi connectivity index (χ1v) is 23.0. The Morgan fingerprint density at radius 2 is 1.22 bits per heavy atom. The van der Waals surface area contributed by atoms with Crippen LogP contribution in [0.1, 0.15) is 139 Å². The molecular formula is C47H66O12. The zero-order valence-corrected chi connectivity index (χ0v) is 36.3. The number of hydrogen-bond donors (Lipinski definition) is 2. The van der Waals surface area contributed by atoms with Crippen LogP contribution in [0.4, 0.5) is 0 Å². The van der Waals surface area contributed by atoms with Crippen molar-refractivity contribution >= 4 is 35.8 Å². The third kappa shape index (κ3) is 5.08. The summed E-state index contributed by atoms with van der Waals surface area (Å²) in [6, 6.07) is 0. The standard InChI is InChI=1S/C47H66O12/c1-22(2)30-25-21-29-43(6)16-10-18-45(8,41(54)55)27(43)14-20-47(29,33-31(25)37(49)57-39(33)51)35(30)59-58-34(23(3)4)46-19-13-26-42(5,15-9-17-44(26,7)40(52)53)28(46)12-11-24-32(46)38(50)56-36(24)48/h22-35H,9-21H2,1-8H3,(H,52,53)(H,54,55). The average Bonchev–Trinajstić information content (AvgIpc) is 3.64. The van der Waals surface area contributed by atoms with E-state index in [0.717, 1.165) is 25.7 Å². The quantitative estimate of drug-likeness (QED) is 0.106. The van der Waals surface area contributed by atoms with E-state index >= 15 is 0 Å². The van der Waals surface area contributed by atoms with Crippen LogP contribution in [0, 0.1) is 104 Å². The lowest BCUT2D eigenvalue weighted by Crippen LogP contribution is -2.73. The molecule has 2 heterocycles. The largest absolute Gasteiger partial charge is 0.481 e. The van der Waals surface area contributed by atoms with E-state index in [1.165, 1.54) is 0 Å². The predicted octanol–water partition coefficient (Wildman–Crippen LogP) is 7.65. The summed E-state index contributed by atoms with van der Waals surface area (Å²) < 4.78 is 11.0. The Kier molecular flexibility index (Phi) is 9.37. The Hall–Kier alpha value is -2.86. The minimum Gasteiger partial charge on any atom is -0.481 e. The Morgan fingerprint density at radius 3 is 1.80 bits per heavy atom. The Morgan fingerprint density at radius 1 is 0.661 bits per heavy atom. The molecule has 10 rings (SSSR count). The van der Waals surface area contributed by atoms with Crippen LogP contribution in [0.25, 0.3) is 0 Å². The van der Waals surface area contributed by atoms with E-state index in [9.17, 15) is 39.0 Å². The minimum atomic E-state index is -0.929. The number of hydrogen-bond acceptors (Lipinski definition) is 10. The van der Waals surface area contributed by atoms with Crippen molar-refractivity contribution in [1.82, 2.24) is 0 Å². The fourth-order valence-corrected chi connectivity index (χ4v) is 18.3. The van der Waals surface area contributed by atoms with Crippen molar-refractivity contribution in [2.45, 2.75) is 151 Å². The van der Waals surface area contributed by atoms with Gasteiger partial charge in [-0.25, -0.2) is 9.78 Å². The number of carbonyl (C=O) groups is 6. The molecule has 2 saturated heterocycles. The van der Waals surface area contributed by atoms with E-state index in [1.54, 1.807) is 0 Å². The van der Waals surface area contributed by atoms with Crippen molar-refractivity contribution < 1.29 is 58.2 Å². The van der Waals surface area contributed by atoms with Gasteiger partial charge in [0.2, 0.25) is 0 Å². The number of carbonyl (C=O) groups excluding carboxylic acids is 4. The Bertz CT molecular complexity index is 1860. The molecule has 0 radical (unpaired) electrons. The van der Waals surface area contributed by atoms with Gasteiger partial charge in [0.1, 0.15) is 12.2 Å². The molecule has 12 heteroatoms. The molecule has 8 saturated carbocycles. The highest BCUT2D eigenvalue weighted by atomic mass is 17.2. The lowest BCUT2D eigenvalue weighted by Gasteiger charge is -2.72. The molecule has 8 aliphatic carbocycles. The number of carboxylic acids is 2. The summed E-state index contributed by atoms with van der Waals surface area (Å²) in [4.78, 5) is 95.9. The van der Waals surface area contributed by atoms with Crippen molar-refractivity contribution in [3.8, 4) is 0 Å². The number of cyclic esters (lactones) is 4. The van der Waals surface area contributed by atoms with Crippen molar-refractivity contribution in [3.05, 3.63) is 0 Å². The molecule has 18 atom stereocenters. The van der Waals surface area contributed by atoms with Gasteiger partial charge in [-0.3, -0.25) is 28.8 Å². The van der Waals surface area contributed by atoms with E-state index in [4.69, 9.17) is 19.2 Å². The fraction of sp³-hybridized carbons (Fsp3) is 0.872. The van der Waals surface area contributed by atoms with Gasteiger partial charge >= 0.3 is 35.8 Å². The van der Waals surface area contributed by atoms with Gasteiger partial charge in [-0.05, 0) is 143 Å². The normalized spacial score (nSPS) is 51.5. The summed E-state index contributed by atoms with van der Waals surface area (Å²) in [5.41, 5.74) is -4.53. The highest BCUT2D eigenvalue weighted by Gasteiger charge is 2.79. The zero-order chi connectivity index (χ0) is 42.6. The molecule has 326 valence electrons. The number of ether oxygens (including phenoxy) is 2. The van der Waals surface area contributed by atoms with E-state index in [1.807, 2.05) is 13.8 Å². The van der Waals surface area contributed by atoms with Crippen LogP contribution in [0.5, 0.6) is 0 Å². The average molecular weight is 823 g/mol. The van der Waals surface area contributed by atoms with Gasteiger partial charge in [-0.15, -0.1) is 0 Å². The lowest BCUT2D eigenvalue weighted by atomic mass is 9.31. The summed E-state index contributed by atoms with van der Waals surface area (Å²) in [6.07, 6.45) is 6.84. The second kappa shape index (κ2) is 13.3. The number of rotatable bonds is 8. The molecule has 59 heavy (non-hydrogen) atoms. The number of carboxylic acid groups (broad SMARTS) is 2. The highest BCUT2D eigenvalue weighted by Crippen LogP contribution is 2.77. The molecule has 0 aromatic heterocycles. The summed E-state index contributed by atoms with van der Waals surface area (Å²) in [5.74, 6) is -7.48. The molecule has 2 aliphatic heterocycles. The van der Waals surface area contributed by atoms with Crippen molar-refractivity contribution in [3.63, 3.8) is 0 Å². The topological polar surface area (TPSA) is 180 Å². The van der Waals surface area contributed by atoms with E-state index < -0.39 is 104 Å². The van der Waals surface area contributed by atoms with Gasteiger partial charge in [0, 0.05) is 10.8 Å². The van der Waals surface area contributed by atoms with Crippen LogP contribution >= 0.6 is 0 Å². The summed E-state index contributed by atoms with van der Waals surface area (Å²) >= 11 is 0. The maximum Gasteiger partial charge on any atom is 0.318 e. The highest BCUT2D eigenvalue weighted by molar-refractivity contribution is 5.98. The Balaban J connectivity index is 1.16. The van der Waals surface area contributed by atoms with Gasteiger partial charge in [0.05, 0.1) is 34.5 Å². The van der Waals surface area contributed by atoms with Gasteiger partial charge in [0.25, 0.3) is 0 Å². The monoisotopic (exact) mass is 822 g/mol. The Labute approximate surface area is 347 Å².